The lowest BCUT2D eigenvalue weighted by Gasteiger charge is -2.13. The molecule has 0 radical (unpaired) electrons. The van der Waals surface area contributed by atoms with Crippen LogP contribution in [0.15, 0.2) is 48.5 Å². The van der Waals surface area contributed by atoms with Crippen LogP contribution >= 0.6 is 0 Å². The van der Waals surface area contributed by atoms with Gasteiger partial charge in [-0.1, -0.05) is 18.2 Å². The van der Waals surface area contributed by atoms with E-state index in [1.54, 1.807) is 42.5 Å². The van der Waals surface area contributed by atoms with Crippen molar-refractivity contribution >= 4 is 17.6 Å². The molecule has 0 bridgehead atoms. The number of hydrogen-bond donors (Lipinski definition) is 2. The Morgan fingerprint density at radius 1 is 1.17 bits per heavy atom. The number of nitrogens with zero attached hydrogens (tertiary/aromatic N) is 1. The molecule has 2 rings (SSSR count). The summed E-state index contributed by atoms with van der Waals surface area (Å²) < 4.78 is 5.34. The van der Waals surface area contributed by atoms with Gasteiger partial charge in [-0.15, -0.1) is 0 Å². The molecule has 24 heavy (non-hydrogen) atoms. The minimum Gasteiger partial charge on any atom is -0.480 e. The lowest BCUT2D eigenvalue weighted by atomic mass is 10.1. The number of ether oxygens (including phenoxy) is 1. The third-order valence-corrected chi connectivity index (χ3v) is 3.50. The van der Waals surface area contributed by atoms with Crippen LogP contribution < -0.4 is 15.4 Å². The van der Waals surface area contributed by atoms with E-state index in [2.05, 4.69) is 0 Å². The van der Waals surface area contributed by atoms with Crippen LogP contribution in [0.2, 0.25) is 0 Å². The van der Waals surface area contributed by atoms with E-state index >= 15 is 0 Å². The van der Waals surface area contributed by atoms with E-state index in [0.717, 1.165) is 11.3 Å². The van der Waals surface area contributed by atoms with Crippen LogP contribution in [0.4, 0.5) is 5.69 Å². The van der Waals surface area contributed by atoms with Gasteiger partial charge in [-0.05, 0) is 42.3 Å². The fourth-order valence-electron chi connectivity index (χ4n) is 2.11. The van der Waals surface area contributed by atoms with Crippen LogP contribution in [0.25, 0.3) is 0 Å². The molecule has 0 unspecified atom stereocenters. The number of carboxylic acid groups (broad SMARTS) is 1. The second-order valence-corrected chi connectivity index (χ2v) is 5.63. The molecule has 0 saturated carbocycles. The molecule has 6 heteroatoms. The topological polar surface area (TPSA) is 92.9 Å². The van der Waals surface area contributed by atoms with Gasteiger partial charge in [0.15, 0.2) is 0 Å². The molecule has 0 aliphatic rings. The second kappa shape index (κ2) is 7.61. The third kappa shape index (κ3) is 4.57. The predicted octanol–water partition coefficient (Wildman–Crippen LogP) is 1.93. The van der Waals surface area contributed by atoms with E-state index in [1.165, 1.54) is 0 Å². The van der Waals surface area contributed by atoms with Crippen LogP contribution in [0.5, 0.6) is 5.75 Å². The normalized spacial score (nSPS) is 11.6. The van der Waals surface area contributed by atoms with E-state index in [0.29, 0.717) is 11.3 Å². The Labute approximate surface area is 140 Å². The molecule has 1 atom stereocenters. The summed E-state index contributed by atoms with van der Waals surface area (Å²) in [5.74, 6) is -1.11. The zero-order valence-corrected chi connectivity index (χ0v) is 13.6. The molecule has 0 amide bonds. The Bertz CT molecular complexity index is 726. The second-order valence-electron chi connectivity index (χ2n) is 5.63. The fraction of sp³-hybridized carbons (Fsp3) is 0.222. The molecule has 0 fully saturated rings. The zero-order valence-electron chi connectivity index (χ0n) is 13.6. The van der Waals surface area contributed by atoms with E-state index < -0.39 is 18.0 Å². The first-order valence-electron chi connectivity index (χ1n) is 7.43. The standard InChI is InChI=1S/C18H20N2O4/c1-20(2)14-5-3-4-13(11-14)18(23)24-15-8-6-12(7-9-15)10-16(19)17(21)22/h3-9,11,16H,10,19H2,1-2H3,(H,21,22)/t16-/m0/s1. The summed E-state index contributed by atoms with van der Waals surface area (Å²) in [6, 6.07) is 12.8. The van der Waals surface area contributed by atoms with Gasteiger partial charge in [0.05, 0.1) is 5.56 Å². The first-order valence-corrected chi connectivity index (χ1v) is 7.43. The average molecular weight is 328 g/mol. The monoisotopic (exact) mass is 328 g/mol. The van der Waals surface area contributed by atoms with Gasteiger partial charge in [0.25, 0.3) is 0 Å². The Morgan fingerprint density at radius 2 is 1.83 bits per heavy atom. The Hall–Kier alpha value is -2.86. The van der Waals surface area contributed by atoms with Crippen molar-refractivity contribution in [2.24, 2.45) is 5.73 Å². The summed E-state index contributed by atoms with van der Waals surface area (Å²) in [5.41, 5.74) is 7.62. The number of carbonyl (C=O) groups excluding carboxylic acids is 1. The number of rotatable bonds is 6. The first-order chi connectivity index (χ1) is 11.4. The van der Waals surface area contributed by atoms with Crippen molar-refractivity contribution in [3.63, 3.8) is 0 Å². The molecule has 0 aliphatic carbocycles. The summed E-state index contributed by atoms with van der Waals surface area (Å²) in [7, 11) is 3.79. The molecule has 0 heterocycles. The van der Waals surface area contributed by atoms with Crippen LogP contribution in [0, 0.1) is 0 Å². The lowest BCUT2D eigenvalue weighted by Crippen LogP contribution is -2.32. The maximum atomic E-state index is 12.2. The number of benzene rings is 2. The first kappa shape index (κ1) is 17.5. The summed E-state index contributed by atoms with van der Waals surface area (Å²) in [6.07, 6.45) is 0.217. The summed E-state index contributed by atoms with van der Waals surface area (Å²) in [6.45, 7) is 0. The summed E-state index contributed by atoms with van der Waals surface area (Å²) >= 11 is 0. The number of anilines is 1. The molecular formula is C18H20N2O4. The highest BCUT2D eigenvalue weighted by atomic mass is 16.5. The SMILES string of the molecule is CN(C)c1cccc(C(=O)Oc2ccc(C[C@H](N)C(=O)O)cc2)c1. The minimum absolute atomic E-state index is 0.217. The fourth-order valence-corrected chi connectivity index (χ4v) is 2.11. The van der Waals surface area contributed by atoms with Crippen molar-refractivity contribution in [2.45, 2.75) is 12.5 Å². The van der Waals surface area contributed by atoms with Gasteiger partial charge in [0.1, 0.15) is 11.8 Å². The van der Waals surface area contributed by atoms with Gasteiger partial charge >= 0.3 is 11.9 Å². The van der Waals surface area contributed by atoms with Gasteiger partial charge < -0.3 is 20.5 Å². The van der Waals surface area contributed by atoms with Gasteiger partial charge in [0, 0.05) is 19.8 Å². The zero-order chi connectivity index (χ0) is 17.7. The quantitative estimate of drug-likeness (QED) is 0.622. The summed E-state index contributed by atoms with van der Waals surface area (Å²) in [4.78, 5) is 24.9. The lowest BCUT2D eigenvalue weighted by molar-refractivity contribution is -0.138. The van der Waals surface area contributed by atoms with Crippen LogP contribution in [0.1, 0.15) is 15.9 Å². The maximum absolute atomic E-state index is 12.2. The van der Waals surface area contributed by atoms with Crippen molar-refractivity contribution in [1.29, 1.82) is 0 Å². The van der Waals surface area contributed by atoms with E-state index in [4.69, 9.17) is 15.6 Å². The smallest absolute Gasteiger partial charge is 0.343 e. The van der Waals surface area contributed by atoms with Crippen molar-refractivity contribution in [1.82, 2.24) is 0 Å². The molecule has 3 N–H and O–H groups in total. The number of esters is 1. The third-order valence-electron chi connectivity index (χ3n) is 3.50. The van der Waals surface area contributed by atoms with E-state index in [9.17, 15) is 9.59 Å². The minimum atomic E-state index is -1.05. The van der Waals surface area contributed by atoms with Gasteiger partial charge in [0.2, 0.25) is 0 Å². The summed E-state index contributed by atoms with van der Waals surface area (Å²) in [5, 5.41) is 8.81. The van der Waals surface area contributed by atoms with Crippen molar-refractivity contribution in [3.05, 3.63) is 59.7 Å². The van der Waals surface area contributed by atoms with Gasteiger partial charge in [-0.3, -0.25) is 4.79 Å². The van der Waals surface area contributed by atoms with Gasteiger partial charge in [-0.25, -0.2) is 4.79 Å². The molecule has 2 aromatic rings. The Balaban J connectivity index is 2.04. The molecule has 2 aromatic carbocycles. The van der Waals surface area contributed by atoms with Crippen molar-refractivity contribution in [2.75, 3.05) is 19.0 Å². The van der Waals surface area contributed by atoms with E-state index in [1.807, 2.05) is 25.1 Å². The van der Waals surface area contributed by atoms with Crippen LogP contribution in [0.3, 0.4) is 0 Å². The average Bonchev–Trinajstić information content (AvgIpc) is 2.56. The number of carboxylic acids is 1. The van der Waals surface area contributed by atoms with Crippen molar-refractivity contribution in [3.8, 4) is 5.75 Å². The van der Waals surface area contributed by atoms with E-state index in [-0.39, 0.29) is 6.42 Å². The number of aliphatic carboxylic acids is 1. The maximum Gasteiger partial charge on any atom is 0.343 e. The molecular weight excluding hydrogens is 308 g/mol. The molecule has 0 saturated heterocycles. The number of hydrogen-bond acceptors (Lipinski definition) is 5. The molecule has 6 nitrogen and oxygen atoms in total. The molecule has 0 aromatic heterocycles. The van der Waals surface area contributed by atoms with Gasteiger partial charge in [-0.2, -0.15) is 0 Å². The van der Waals surface area contributed by atoms with Crippen molar-refractivity contribution < 1.29 is 19.4 Å². The molecule has 0 aliphatic heterocycles. The molecule has 0 spiro atoms. The highest BCUT2D eigenvalue weighted by Gasteiger charge is 2.13. The van der Waals surface area contributed by atoms with Crippen LogP contribution in [-0.2, 0) is 11.2 Å². The highest BCUT2D eigenvalue weighted by molar-refractivity contribution is 5.92. The highest BCUT2D eigenvalue weighted by Crippen LogP contribution is 2.18. The molecule has 126 valence electrons. The number of carbonyl (C=O) groups is 2. The Kier molecular flexibility index (Phi) is 5.55. The Morgan fingerprint density at radius 3 is 2.42 bits per heavy atom. The largest absolute Gasteiger partial charge is 0.480 e. The predicted molar refractivity (Wildman–Crippen MR) is 91.5 cm³/mol. The van der Waals surface area contributed by atoms with Crippen LogP contribution in [-0.4, -0.2) is 37.2 Å². The number of nitrogens with two attached hydrogens (primary N) is 1.